The average Bonchev–Trinajstić information content (AvgIpc) is 2.02. The second kappa shape index (κ2) is 6.24. The summed E-state index contributed by atoms with van der Waals surface area (Å²) >= 11 is 0. The molecule has 0 radical (unpaired) electrons. The minimum Gasteiger partial charge on any atom is -0.264 e. The summed E-state index contributed by atoms with van der Waals surface area (Å²) in [4.78, 5) is 27.5. The van der Waals surface area contributed by atoms with Gasteiger partial charge in [-0.3, -0.25) is 9.78 Å². The Bertz CT molecular complexity index is 163. The summed E-state index contributed by atoms with van der Waals surface area (Å²) in [5.74, 6) is -2.29. The SMILES string of the molecule is O=C(/C=C/C(=O)OOO)OOO. The Morgan fingerprint density at radius 3 is 1.50 bits per heavy atom. The number of carbonyl (C=O) groups is 2. The highest BCUT2D eigenvalue weighted by Gasteiger charge is 2.01. The molecule has 0 amide bonds. The molecular weight excluding hydrogens is 176 g/mol. The Kier molecular flexibility index (Phi) is 5.47. The van der Waals surface area contributed by atoms with Gasteiger partial charge in [-0.1, -0.05) is 0 Å². The summed E-state index contributed by atoms with van der Waals surface area (Å²) in [7, 11) is 0. The van der Waals surface area contributed by atoms with Gasteiger partial charge in [-0.15, -0.1) is 0 Å². The second-order valence-electron chi connectivity index (χ2n) is 1.29. The van der Waals surface area contributed by atoms with Crippen LogP contribution < -0.4 is 0 Å². The molecule has 0 rings (SSSR count). The molecule has 0 spiro atoms. The van der Waals surface area contributed by atoms with Crippen LogP contribution in [0.5, 0.6) is 0 Å². The molecular formula is C4H4O8. The molecule has 2 N–H and O–H groups in total. The van der Waals surface area contributed by atoms with Crippen LogP contribution in [0.3, 0.4) is 0 Å². The van der Waals surface area contributed by atoms with Crippen molar-refractivity contribution < 1.29 is 40.0 Å². The van der Waals surface area contributed by atoms with Gasteiger partial charge >= 0.3 is 11.9 Å². The van der Waals surface area contributed by atoms with Crippen LogP contribution in [0.4, 0.5) is 0 Å². The van der Waals surface area contributed by atoms with Gasteiger partial charge in [0.05, 0.1) is 0 Å². The molecule has 0 bridgehead atoms. The lowest BCUT2D eigenvalue weighted by molar-refractivity contribution is -0.461. The van der Waals surface area contributed by atoms with E-state index >= 15 is 0 Å². The first-order chi connectivity index (χ1) is 5.70. The van der Waals surface area contributed by atoms with Crippen LogP contribution in [-0.2, 0) is 29.4 Å². The predicted octanol–water partition coefficient (Wildman–Crippen LogP) is -0.562. The number of carbonyl (C=O) groups excluding carboxylic acids is 2. The van der Waals surface area contributed by atoms with Crippen LogP contribution in [0.2, 0.25) is 0 Å². The first-order valence-electron chi connectivity index (χ1n) is 2.43. The van der Waals surface area contributed by atoms with E-state index in [4.69, 9.17) is 10.5 Å². The Labute approximate surface area is 65.2 Å². The first-order valence-corrected chi connectivity index (χ1v) is 2.43. The maximum atomic E-state index is 10.2. The van der Waals surface area contributed by atoms with Gasteiger partial charge in [-0.25, -0.2) is 20.1 Å². The fraction of sp³-hybridized carbons (Fsp3) is 0. The topological polar surface area (TPSA) is 112 Å². The van der Waals surface area contributed by atoms with Gasteiger partial charge in [-0.05, 0) is 10.1 Å². The monoisotopic (exact) mass is 180 g/mol. The molecule has 0 heterocycles. The summed E-state index contributed by atoms with van der Waals surface area (Å²) in [6, 6.07) is 0. The zero-order chi connectivity index (χ0) is 9.40. The Morgan fingerprint density at radius 1 is 0.917 bits per heavy atom. The summed E-state index contributed by atoms with van der Waals surface area (Å²) in [5.41, 5.74) is 0. The van der Waals surface area contributed by atoms with Crippen molar-refractivity contribution in [2.45, 2.75) is 0 Å². The van der Waals surface area contributed by atoms with E-state index in [1.165, 1.54) is 0 Å². The standard InChI is InChI=1S/C4H4O8/c5-3(9-11-7)1-2-4(6)10-12-8/h1-2,7-8H/b2-1+. The third-order valence-corrected chi connectivity index (χ3v) is 0.594. The highest BCUT2D eigenvalue weighted by Crippen LogP contribution is 1.84. The summed E-state index contributed by atoms with van der Waals surface area (Å²) in [5, 5.41) is 21.0. The zero-order valence-electron chi connectivity index (χ0n) is 5.50. The minimum atomic E-state index is -1.15. The van der Waals surface area contributed by atoms with Crippen molar-refractivity contribution in [3.8, 4) is 0 Å². The third kappa shape index (κ3) is 5.32. The van der Waals surface area contributed by atoms with Crippen LogP contribution in [0.15, 0.2) is 12.2 Å². The van der Waals surface area contributed by atoms with E-state index in [1.807, 2.05) is 0 Å². The molecule has 0 saturated carbocycles. The van der Waals surface area contributed by atoms with E-state index in [0.717, 1.165) is 0 Å². The smallest absolute Gasteiger partial charge is 0.264 e. The lowest BCUT2D eigenvalue weighted by Crippen LogP contribution is -2.03. The van der Waals surface area contributed by atoms with Crippen LogP contribution in [-0.4, -0.2) is 22.5 Å². The van der Waals surface area contributed by atoms with E-state index in [-0.39, 0.29) is 0 Å². The molecule has 8 heteroatoms. The van der Waals surface area contributed by atoms with E-state index in [0.29, 0.717) is 12.2 Å². The molecule has 68 valence electrons. The number of hydrogen-bond donors (Lipinski definition) is 2. The molecule has 0 unspecified atom stereocenters. The normalized spacial score (nSPS) is 9.83. The van der Waals surface area contributed by atoms with E-state index in [9.17, 15) is 9.59 Å². The molecule has 12 heavy (non-hydrogen) atoms. The van der Waals surface area contributed by atoms with E-state index in [2.05, 4.69) is 19.9 Å². The summed E-state index contributed by atoms with van der Waals surface area (Å²) in [6.45, 7) is 0. The number of rotatable bonds is 4. The number of hydrogen-bond acceptors (Lipinski definition) is 8. The molecule has 0 aromatic rings. The van der Waals surface area contributed by atoms with E-state index in [1.54, 1.807) is 0 Å². The maximum Gasteiger partial charge on any atom is 0.369 e. The Balaban J connectivity index is 3.73. The van der Waals surface area contributed by atoms with Crippen molar-refractivity contribution in [2.75, 3.05) is 0 Å². The van der Waals surface area contributed by atoms with Gasteiger partial charge in [0.15, 0.2) is 0 Å². The molecule has 0 aromatic heterocycles. The quantitative estimate of drug-likeness (QED) is 0.336. The molecule has 0 fully saturated rings. The molecule has 8 nitrogen and oxygen atoms in total. The van der Waals surface area contributed by atoms with E-state index < -0.39 is 11.9 Å². The predicted molar refractivity (Wildman–Crippen MR) is 28.8 cm³/mol. The van der Waals surface area contributed by atoms with Crippen LogP contribution in [0, 0.1) is 0 Å². The van der Waals surface area contributed by atoms with Crippen molar-refractivity contribution >= 4 is 11.9 Å². The fourth-order valence-corrected chi connectivity index (χ4v) is 0.265. The van der Waals surface area contributed by atoms with Gasteiger partial charge in [0, 0.05) is 12.2 Å². The summed E-state index contributed by atoms with van der Waals surface area (Å²) in [6.07, 6.45) is 1.13. The third-order valence-electron chi connectivity index (χ3n) is 0.594. The van der Waals surface area contributed by atoms with Gasteiger partial charge in [0.1, 0.15) is 0 Å². The molecule has 0 saturated heterocycles. The van der Waals surface area contributed by atoms with Crippen LogP contribution >= 0.6 is 0 Å². The molecule has 0 aromatic carbocycles. The van der Waals surface area contributed by atoms with Crippen molar-refractivity contribution in [3.63, 3.8) is 0 Å². The van der Waals surface area contributed by atoms with Crippen molar-refractivity contribution in [1.82, 2.24) is 0 Å². The van der Waals surface area contributed by atoms with Crippen LogP contribution in [0.1, 0.15) is 0 Å². The first kappa shape index (κ1) is 10.5. The second-order valence-corrected chi connectivity index (χ2v) is 1.29. The largest absolute Gasteiger partial charge is 0.369 e. The highest BCUT2D eigenvalue weighted by atomic mass is 17.5. The lowest BCUT2D eigenvalue weighted by atomic mass is 10.5. The zero-order valence-corrected chi connectivity index (χ0v) is 5.50. The van der Waals surface area contributed by atoms with Crippen molar-refractivity contribution in [2.24, 2.45) is 0 Å². The molecule has 0 atom stereocenters. The minimum absolute atomic E-state index is 0.567. The maximum absolute atomic E-state index is 10.2. The van der Waals surface area contributed by atoms with Gasteiger partial charge in [0.25, 0.3) is 0 Å². The molecule has 0 aliphatic carbocycles. The Hall–Kier alpha value is -1.48. The average molecular weight is 180 g/mol. The van der Waals surface area contributed by atoms with Gasteiger partial charge in [-0.2, -0.15) is 0 Å². The summed E-state index contributed by atoms with van der Waals surface area (Å²) < 4.78 is 0. The van der Waals surface area contributed by atoms with Crippen LogP contribution in [0.25, 0.3) is 0 Å². The van der Waals surface area contributed by atoms with Gasteiger partial charge in [0.2, 0.25) is 0 Å². The Morgan fingerprint density at radius 2 is 1.25 bits per heavy atom. The molecule has 0 aliphatic heterocycles. The van der Waals surface area contributed by atoms with Crippen molar-refractivity contribution in [3.05, 3.63) is 12.2 Å². The highest BCUT2D eigenvalue weighted by molar-refractivity contribution is 5.91. The van der Waals surface area contributed by atoms with Crippen molar-refractivity contribution in [1.29, 1.82) is 0 Å². The lowest BCUT2D eigenvalue weighted by Gasteiger charge is -1.90. The van der Waals surface area contributed by atoms with Gasteiger partial charge < -0.3 is 0 Å². The fourth-order valence-electron chi connectivity index (χ4n) is 0.265. The molecule has 0 aliphatic rings.